The number of nitrogens with one attached hydrogen (secondary N) is 1. The van der Waals surface area contributed by atoms with E-state index in [1.54, 1.807) is 0 Å². The van der Waals surface area contributed by atoms with E-state index in [-0.39, 0.29) is 11.8 Å². The van der Waals surface area contributed by atoms with E-state index >= 15 is 0 Å². The Morgan fingerprint density at radius 2 is 2.05 bits per heavy atom. The number of likely N-dealkylation sites (tertiary alicyclic amines) is 1. The summed E-state index contributed by atoms with van der Waals surface area (Å²) in [5.74, 6) is 0.166. The Bertz CT molecular complexity index is 499. The summed E-state index contributed by atoms with van der Waals surface area (Å²) in [6.07, 6.45) is 4.72. The maximum absolute atomic E-state index is 12.3. The van der Waals surface area contributed by atoms with Gasteiger partial charge in [-0.15, -0.1) is 0 Å². The molecule has 3 rings (SSSR count). The van der Waals surface area contributed by atoms with Gasteiger partial charge in [0.25, 0.3) is 0 Å². The summed E-state index contributed by atoms with van der Waals surface area (Å²) in [5, 5.41) is 13.0. The lowest BCUT2D eigenvalue weighted by atomic mass is 9.80. The molecule has 0 aromatic heterocycles. The second kappa shape index (κ2) is 6.80. The molecule has 1 aromatic rings. The molecule has 0 radical (unpaired) electrons. The monoisotopic (exact) mass is 302 g/mol. The number of aliphatic hydroxyl groups is 1. The van der Waals surface area contributed by atoms with Gasteiger partial charge in [-0.1, -0.05) is 30.3 Å². The summed E-state index contributed by atoms with van der Waals surface area (Å²) in [6.45, 7) is 3.21. The molecular weight excluding hydrogens is 276 g/mol. The van der Waals surface area contributed by atoms with Gasteiger partial charge in [0.15, 0.2) is 0 Å². The van der Waals surface area contributed by atoms with Crippen LogP contribution in [0.3, 0.4) is 0 Å². The number of rotatable bonds is 5. The maximum Gasteiger partial charge on any atom is 0.224 e. The minimum atomic E-state index is -0.631. The molecule has 0 spiro atoms. The fourth-order valence-corrected chi connectivity index (χ4v) is 3.41. The van der Waals surface area contributed by atoms with Gasteiger partial charge in [-0.25, -0.2) is 0 Å². The third kappa shape index (κ3) is 3.87. The summed E-state index contributed by atoms with van der Waals surface area (Å²) < 4.78 is 0. The van der Waals surface area contributed by atoms with Gasteiger partial charge in [-0.3, -0.25) is 9.69 Å². The van der Waals surface area contributed by atoms with E-state index in [0.717, 1.165) is 51.7 Å². The average molecular weight is 302 g/mol. The molecule has 1 aliphatic carbocycles. The van der Waals surface area contributed by atoms with Gasteiger partial charge in [-0.05, 0) is 44.2 Å². The van der Waals surface area contributed by atoms with Gasteiger partial charge in [0.05, 0.1) is 11.5 Å². The molecule has 1 aromatic carbocycles. The summed E-state index contributed by atoms with van der Waals surface area (Å²) in [4.78, 5) is 14.7. The van der Waals surface area contributed by atoms with Gasteiger partial charge < -0.3 is 10.4 Å². The van der Waals surface area contributed by atoms with Crippen molar-refractivity contribution in [2.24, 2.45) is 5.92 Å². The Morgan fingerprint density at radius 3 is 2.73 bits per heavy atom. The molecule has 1 atom stereocenters. The van der Waals surface area contributed by atoms with E-state index < -0.39 is 5.60 Å². The Morgan fingerprint density at radius 1 is 1.27 bits per heavy atom. The fourth-order valence-electron chi connectivity index (χ4n) is 3.41. The van der Waals surface area contributed by atoms with Crippen LogP contribution in [0.15, 0.2) is 30.3 Å². The number of benzene rings is 1. The van der Waals surface area contributed by atoms with Crippen LogP contribution in [-0.2, 0) is 11.3 Å². The molecule has 1 aliphatic heterocycles. The molecule has 1 unspecified atom stereocenters. The van der Waals surface area contributed by atoms with Crippen molar-refractivity contribution in [3.8, 4) is 0 Å². The van der Waals surface area contributed by atoms with Crippen LogP contribution >= 0.6 is 0 Å². The molecule has 1 saturated carbocycles. The Balaban J connectivity index is 1.48. The average Bonchev–Trinajstić information content (AvgIpc) is 2.52. The van der Waals surface area contributed by atoms with Crippen molar-refractivity contribution in [1.29, 1.82) is 0 Å². The molecule has 0 bridgehead atoms. The van der Waals surface area contributed by atoms with Crippen LogP contribution in [0.1, 0.15) is 37.7 Å². The molecule has 1 heterocycles. The third-order valence-electron chi connectivity index (χ3n) is 5.00. The molecule has 1 amide bonds. The zero-order valence-electron chi connectivity index (χ0n) is 13.1. The number of hydrogen-bond acceptors (Lipinski definition) is 3. The van der Waals surface area contributed by atoms with Gasteiger partial charge in [0.1, 0.15) is 0 Å². The van der Waals surface area contributed by atoms with E-state index in [4.69, 9.17) is 0 Å². The van der Waals surface area contributed by atoms with Crippen LogP contribution in [-0.4, -0.2) is 41.1 Å². The lowest BCUT2D eigenvalue weighted by Crippen LogP contribution is -2.50. The van der Waals surface area contributed by atoms with Crippen molar-refractivity contribution < 1.29 is 9.90 Å². The van der Waals surface area contributed by atoms with E-state index in [0.29, 0.717) is 6.54 Å². The highest BCUT2D eigenvalue weighted by Crippen LogP contribution is 2.30. The molecule has 22 heavy (non-hydrogen) atoms. The van der Waals surface area contributed by atoms with Crippen LogP contribution in [0.25, 0.3) is 0 Å². The normalized spacial score (nSPS) is 24.5. The highest BCUT2D eigenvalue weighted by Gasteiger charge is 2.35. The Hall–Kier alpha value is -1.39. The first-order chi connectivity index (χ1) is 10.6. The Kier molecular flexibility index (Phi) is 4.79. The first-order valence-electron chi connectivity index (χ1n) is 8.41. The second-order valence-electron chi connectivity index (χ2n) is 6.86. The Labute approximate surface area is 132 Å². The van der Waals surface area contributed by atoms with Crippen molar-refractivity contribution in [3.05, 3.63) is 35.9 Å². The summed E-state index contributed by atoms with van der Waals surface area (Å²) in [7, 11) is 0. The van der Waals surface area contributed by atoms with E-state index in [2.05, 4.69) is 34.5 Å². The first kappa shape index (κ1) is 15.5. The third-order valence-corrected chi connectivity index (χ3v) is 5.00. The minimum Gasteiger partial charge on any atom is -0.388 e. The van der Waals surface area contributed by atoms with Crippen LogP contribution in [0.5, 0.6) is 0 Å². The van der Waals surface area contributed by atoms with Gasteiger partial charge in [0.2, 0.25) is 5.91 Å². The van der Waals surface area contributed by atoms with Crippen LogP contribution < -0.4 is 5.32 Å². The largest absolute Gasteiger partial charge is 0.388 e. The van der Waals surface area contributed by atoms with Crippen molar-refractivity contribution in [2.75, 3.05) is 19.6 Å². The molecule has 2 aliphatic rings. The number of hydrogen-bond donors (Lipinski definition) is 2. The summed E-state index contributed by atoms with van der Waals surface area (Å²) >= 11 is 0. The van der Waals surface area contributed by atoms with Crippen molar-refractivity contribution >= 4 is 5.91 Å². The van der Waals surface area contributed by atoms with Crippen LogP contribution in [0, 0.1) is 5.92 Å². The van der Waals surface area contributed by atoms with E-state index in [9.17, 15) is 9.90 Å². The SMILES string of the molecule is O=C(NCC1(O)CCC1)C1CCCN(Cc2ccccc2)C1. The molecule has 2 fully saturated rings. The topological polar surface area (TPSA) is 52.6 Å². The fraction of sp³-hybridized carbons (Fsp3) is 0.611. The number of carbonyl (C=O) groups is 1. The molecule has 120 valence electrons. The van der Waals surface area contributed by atoms with E-state index in [1.165, 1.54) is 5.56 Å². The van der Waals surface area contributed by atoms with Crippen LogP contribution in [0.2, 0.25) is 0 Å². The molecule has 4 nitrogen and oxygen atoms in total. The lowest BCUT2D eigenvalue weighted by Gasteiger charge is -2.37. The second-order valence-corrected chi connectivity index (χ2v) is 6.86. The molecular formula is C18H26N2O2. The van der Waals surface area contributed by atoms with Crippen molar-refractivity contribution in [1.82, 2.24) is 10.2 Å². The zero-order chi connectivity index (χ0) is 15.4. The first-order valence-corrected chi connectivity index (χ1v) is 8.41. The lowest BCUT2D eigenvalue weighted by molar-refractivity contribution is -0.129. The van der Waals surface area contributed by atoms with Crippen molar-refractivity contribution in [2.45, 2.75) is 44.2 Å². The predicted molar refractivity (Wildman–Crippen MR) is 86.3 cm³/mol. The highest BCUT2D eigenvalue weighted by atomic mass is 16.3. The molecule has 4 heteroatoms. The number of piperidine rings is 1. The smallest absolute Gasteiger partial charge is 0.224 e. The van der Waals surface area contributed by atoms with Gasteiger partial charge in [0, 0.05) is 19.6 Å². The number of carbonyl (C=O) groups excluding carboxylic acids is 1. The summed E-state index contributed by atoms with van der Waals surface area (Å²) in [5.41, 5.74) is 0.668. The van der Waals surface area contributed by atoms with E-state index in [1.807, 2.05) is 6.07 Å². The minimum absolute atomic E-state index is 0.0566. The quantitative estimate of drug-likeness (QED) is 0.874. The zero-order valence-corrected chi connectivity index (χ0v) is 13.1. The number of amides is 1. The van der Waals surface area contributed by atoms with Crippen molar-refractivity contribution in [3.63, 3.8) is 0 Å². The number of nitrogens with zero attached hydrogens (tertiary/aromatic N) is 1. The standard InChI is InChI=1S/C18H26N2O2/c21-17(19-14-18(22)9-5-10-18)16-8-4-11-20(13-16)12-15-6-2-1-3-7-15/h1-3,6-7,16,22H,4-5,8-14H2,(H,19,21). The summed E-state index contributed by atoms with van der Waals surface area (Å²) in [6, 6.07) is 10.4. The molecule has 2 N–H and O–H groups in total. The van der Waals surface area contributed by atoms with Crippen LogP contribution in [0.4, 0.5) is 0 Å². The van der Waals surface area contributed by atoms with Gasteiger partial charge in [-0.2, -0.15) is 0 Å². The molecule has 1 saturated heterocycles. The van der Waals surface area contributed by atoms with Gasteiger partial charge >= 0.3 is 0 Å². The highest BCUT2D eigenvalue weighted by molar-refractivity contribution is 5.79. The maximum atomic E-state index is 12.3. The predicted octanol–water partition coefficient (Wildman–Crippen LogP) is 1.93.